The summed E-state index contributed by atoms with van der Waals surface area (Å²) in [6, 6.07) is 1.56. The van der Waals surface area contributed by atoms with Crippen molar-refractivity contribution >= 4 is 21.9 Å². The molecule has 2 rings (SSSR count). The molecule has 1 aromatic carbocycles. The summed E-state index contributed by atoms with van der Waals surface area (Å²) in [7, 11) is 1.60. The van der Waals surface area contributed by atoms with Gasteiger partial charge in [-0.15, -0.1) is 0 Å². The van der Waals surface area contributed by atoms with E-state index in [9.17, 15) is 4.79 Å². The van der Waals surface area contributed by atoms with E-state index in [1.165, 1.54) is 24.0 Å². The van der Waals surface area contributed by atoms with Gasteiger partial charge in [0.25, 0.3) is 0 Å². The van der Waals surface area contributed by atoms with Crippen LogP contribution in [0.15, 0.2) is 10.5 Å². The van der Waals surface area contributed by atoms with Crippen LogP contribution in [-0.2, 0) is 17.6 Å². The topological polar surface area (TPSA) is 72.5 Å². The molecule has 0 spiro atoms. The first-order chi connectivity index (χ1) is 9.54. The fraction of sp³-hybridized carbons (Fsp3) is 0.533. The van der Waals surface area contributed by atoms with Crippen molar-refractivity contribution in [2.75, 3.05) is 7.11 Å². The summed E-state index contributed by atoms with van der Waals surface area (Å²) in [4.78, 5) is 11.0. The SMILES string of the molecule is COc1c(Br)cc2c(c1C(N)CC(=O)O)CCCCC2. The minimum Gasteiger partial charge on any atom is -0.495 e. The lowest BCUT2D eigenvalue weighted by atomic mass is 9.91. The summed E-state index contributed by atoms with van der Waals surface area (Å²) in [6.45, 7) is 0. The van der Waals surface area contributed by atoms with E-state index in [0.717, 1.165) is 29.3 Å². The Morgan fingerprint density at radius 1 is 1.45 bits per heavy atom. The third-order valence-electron chi connectivity index (χ3n) is 3.82. The number of carboxylic acid groups (broad SMARTS) is 1. The predicted octanol–water partition coefficient (Wildman–Crippen LogP) is 3.20. The van der Waals surface area contributed by atoms with Crippen LogP contribution in [0.4, 0.5) is 0 Å². The van der Waals surface area contributed by atoms with Crippen LogP contribution < -0.4 is 10.5 Å². The molecule has 0 saturated carbocycles. The number of aryl methyl sites for hydroxylation is 1. The van der Waals surface area contributed by atoms with Gasteiger partial charge in [-0.05, 0) is 58.8 Å². The number of nitrogens with two attached hydrogens (primary N) is 1. The quantitative estimate of drug-likeness (QED) is 0.824. The Bertz CT molecular complexity index is 516. The molecule has 0 saturated heterocycles. The number of fused-ring (bicyclic) bond motifs is 1. The second-order valence-electron chi connectivity index (χ2n) is 5.21. The molecule has 0 aromatic heterocycles. The standard InChI is InChI=1S/C15H20BrNO3/c1-20-15-11(16)7-9-5-3-2-4-6-10(9)14(15)12(17)8-13(18)19/h7,12H,2-6,8,17H2,1H3,(H,18,19). The maximum atomic E-state index is 11.0. The molecule has 110 valence electrons. The van der Waals surface area contributed by atoms with E-state index < -0.39 is 12.0 Å². The zero-order valence-electron chi connectivity index (χ0n) is 11.6. The first-order valence-electron chi connectivity index (χ1n) is 6.90. The van der Waals surface area contributed by atoms with Crippen molar-refractivity contribution in [3.8, 4) is 5.75 Å². The summed E-state index contributed by atoms with van der Waals surface area (Å²) >= 11 is 3.52. The van der Waals surface area contributed by atoms with E-state index in [-0.39, 0.29) is 6.42 Å². The summed E-state index contributed by atoms with van der Waals surface area (Å²) in [5.41, 5.74) is 9.46. The molecule has 1 atom stereocenters. The van der Waals surface area contributed by atoms with Gasteiger partial charge in [0.2, 0.25) is 0 Å². The number of benzene rings is 1. The zero-order valence-corrected chi connectivity index (χ0v) is 13.2. The molecule has 0 aliphatic heterocycles. The number of ether oxygens (including phenoxy) is 1. The van der Waals surface area contributed by atoms with Crippen LogP contribution in [-0.4, -0.2) is 18.2 Å². The highest BCUT2D eigenvalue weighted by atomic mass is 79.9. The molecule has 3 N–H and O–H groups in total. The van der Waals surface area contributed by atoms with Gasteiger partial charge in [-0.2, -0.15) is 0 Å². The minimum absolute atomic E-state index is 0.0841. The van der Waals surface area contributed by atoms with Crippen molar-refractivity contribution in [3.05, 3.63) is 27.2 Å². The molecule has 1 aromatic rings. The van der Waals surface area contributed by atoms with Crippen LogP contribution in [0.25, 0.3) is 0 Å². The fourth-order valence-corrected chi connectivity index (χ4v) is 3.60. The average Bonchev–Trinajstić information content (AvgIpc) is 2.61. The van der Waals surface area contributed by atoms with E-state index >= 15 is 0 Å². The Labute approximate surface area is 127 Å². The van der Waals surface area contributed by atoms with Crippen LogP contribution >= 0.6 is 15.9 Å². The average molecular weight is 342 g/mol. The lowest BCUT2D eigenvalue weighted by Crippen LogP contribution is -2.19. The van der Waals surface area contributed by atoms with Crippen molar-refractivity contribution in [1.82, 2.24) is 0 Å². The highest BCUT2D eigenvalue weighted by molar-refractivity contribution is 9.10. The van der Waals surface area contributed by atoms with Crippen molar-refractivity contribution in [2.24, 2.45) is 5.73 Å². The van der Waals surface area contributed by atoms with Gasteiger partial charge in [-0.3, -0.25) is 4.79 Å². The van der Waals surface area contributed by atoms with Gasteiger partial charge in [0.1, 0.15) is 5.75 Å². The lowest BCUT2D eigenvalue weighted by Gasteiger charge is -2.22. The Hall–Kier alpha value is -1.07. The fourth-order valence-electron chi connectivity index (χ4n) is 2.95. The molecule has 1 aliphatic carbocycles. The first-order valence-corrected chi connectivity index (χ1v) is 7.69. The maximum absolute atomic E-state index is 11.0. The Kier molecular flexibility index (Phi) is 5.05. The van der Waals surface area contributed by atoms with Crippen molar-refractivity contribution in [3.63, 3.8) is 0 Å². The molecule has 5 heteroatoms. The van der Waals surface area contributed by atoms with Gasteiger partial charge < -0.3 is 15.6 Å². The smallest absolute Gasteiger partial charge is 0.305 e. The third kappa shape index (κ3) is 3.15. The van der Waals surface area contributed by atoms with Crippen molar-refractivity contribution < 1.29 is 14.6 Å². The largest absolute Gasteiger partial charge is 0.495 e. The summed E-state index contributed by atoms with van der Waals surface area (Å²) < 4.78 is 6.32. The van der Waals surface area contributed by atoms with E-state index in [1.807, 2.05) is 0 Å². The van der Waals surface area contributed by atoms with Gasteiger partial charge in [0.15, 0.2) is 0 Å². The van der Waals surface area contributed by atoms with Crippen LogP contribution in [0.5, 0.6) is 5.75 Å². The molecule has 0 amide bonds. The monoisotopic (exact) mass is 341 g/mol. The highest BCUT2D eigenvalue weighted by Gasteiger charge is 2.24. The number of hydrogen-bond acceptors (Lipinski definition) is 3. The van der Waals surface area contributed by atoms with Crippen molar-refractivity contribution in [1.29, 1.82) is 0 Å². The van der Waals surface area contributed by atoms with Gasteiger partial charge in [0.05, 0.1) is 18.0 Å². The minimum atomic E-state index is -0.887. The van der Waals surface area contributed by atoms with Crippen molar-refractivity contribution in [2.45, 2.75) is 44.6 Å². The van der Waals surface area contributed by atoms with Crippen LogP contribution in [0.1, 0.15) is 48.4 Å². The van der Waals surface area contributed by atoms with Gasteiger partial charge in [0, 0.05) is 11.6 Å². The molecule has 1 unspecified atom stereocenters. The molecule has 1 aliphatic rings. The summed E-state index contributed by atoms with van der Waals surface area (Å²) in [6.07, 6.45) is 5.36. The number of aliphatic carboxylic acids is 1. The summed E-state index contributed by atoms with van der Waals surface area (Å²) in [5.74, 6) is -0.207. The number of carbonyl (C=O) groups is 1. The summed E-state index contributed by atoms with van der Waals surface area (Å²) in [5, 5.41) is 9.01. The molecular weight excluding hydrogens is 322 g/mol. The molecule has 0 bridgehead atoms. The third-order valence-corrected chi connectivity index (χ3v) is 4.41. The molecule has 20 heavy (non-hydrogen) atoms. The Balaban J connectivity index is 2.55. The molecule has 0 heterocycles. The second-order valence-corrected chi connectivity index (χ2v) is 6.06. The zero-order chi connectivity index (χ0) is 14.7. The van der Waals surface area contributed by atoms with Crippen LogP contribution in [0.2, 0.25) is 0 Å². The molecule has 4 nitrogen and oxygen atoms in total. The molecule has 0 radical (unpaired) electrons. The van der Waals surface area contributed by atoms with E-state index in [2.05, 4.69) is 22.0 Å². The van der Waals surface area contributed by atoms with Gasteiger partial charge in [-0.25, -0.2) is 0 Å². The van der Waals surface area contributed by atoms with Gasteiger partial charge in [-0.1, -0.05) is 6.42 Å². The first kappa shape index (κ1) is 15.3. The Morgan fingerprint density at radius 2 is 2.15 bits per heavy atom. The van der Waals surface area contributed by atoms with E-state index in [0.29, 0.717) is 5.75 Å². The van der Waals surface area contributed by atoms with Gasteiger partial charge >= 0.3 is 5.97 Å². The van der Waals surface area contributed by atoms with E-state index in [1.54, 1.807) is 7.11 Å². The van der Waals surface area contributed by atoms with Crippen LogP contribution in [0, 0.1) is 0 Å². The second kappa shape index (κ2) is 6.59. The Morgan fingerprint density at radius 3 is 2.80 bits per heavy atom. The number of rotatable bonds is 4. The number of carboxylic acids is 1. The predicted molar refractivity (Wildman–Crippen MR) is 81.1 cm³/mol. The number of hydrogen-bond donors (Lipinski definition) is 2. The van der Waals surface area contributed by atoms with Crippen LogP contribution in [0.3, 0.4) is 0 Å². The normalized spacial score (nSPS) is 16.1. The lowest BCUT2D eigenvalue weighted by molar-refractivity contribution is -0.137. The maximum Gasteiger partial charge on any atom is 0.305 e. The molecule has 0 fully saturated rings. The van der Waals surface area contributed by atoms with E-state index in [4.69, 9.17) is 15.6 Å². The number of methoxy groups -OCH3 is 1. The molecular formula is C15H20BrNO3. The number of halogens is 1. The highest BCUT2D eigenvalue weighted by Crippen LogP contribution is 2.40.